The van der Waals surface area contributed by atoms with Crippen LogP contribution in [0.15, 0.2) is 0 Å². The second-order valence-electron chi connectivity index (χ2n) is 14.6. The molecule has 10 atom stereocenters. The van der Waals surface area contributed by atoms with Gasteiger partial charge in [-0.3, -0.25) is 4.79 Å². The van der Waals surface area contributed by atoms with E-state index in [0.717, 1.165) is 12.8 Å². The predicted molar refractivity (Wildman–Crippen MR) is 155 cm³/mol. The molecular formula is C33H60N2O3. The predicted octanol–water partition coefficient (Wildman–Crippen LogP) is 7.16. The Hall–Kier alpha value is -0.650. The fourth-order valence-electron chi connectivity index (χ4n) is 10.4. The molecule has 220 valence electrons. The van der Waals surface area contributed by atoms with E-state index in [0.29, 0.717) is 53.4 Å². The summed E-state index contributed by atoms with van der Waals surface area (Å²) in [4.78, 5) is 16.1. The van der Waals surface area contributed by atoms with Crippen LogP contribution in [0.25, 0.3) is 0 Å². The van der Waals surface area contributed by atoms with E-state index in [1.54, 1.807) is 0 Å². The van der Waals surface area contributed by atoms with Crippen molar-refractivity contribution < 1.29 is 14.7 Å². The molecule has 4 rings (SSSR count). The van der Waals surface area contributed by atoms with Crippen LogP contribution in [-0.2, 0) is 9.63 Å². The maximum Gasteiger partial charge on any atom is 0.324 e. The number of unbranched alkanes of at least 4 members (excludes halogenated alkanes) is 6. The third-order valence-corrected chi connectivity index (χ3v) is 12.6. The smallest absolute Gasteiger partial charge is 0.324 e. The quantitative estimate of drug-likeness (QED) is 0.173. The SMILES string of the molecule is CCCCCCCCCNC1CCC2(C)C(C1)CC(O)C1C2CCC2(C)C(C(C)CCC(=O)ON)CCC12. The Balaban J connectivity index is 1.31. The minimum Gasteiger partial charge on any atom is -0.393 e. The molecular weight excluding hydrogens is 472 g/mol. The van der Waals surface area contributed by atoms with Crippen LogP contribution in [0.1, 0.15) is 137 Å². The summed E-state index contributed by atoms with van der Waals surface area (Å²) in [6, 6.07) is 0.641. The summed E-state index contributed by atoms with van der Waals surface area (Å²) in [5.41, 5.74) is 0.671. The van der Waals surface area contributed by atoms with Crippen molar-refractivity contribution in [2.75, 3.05) is 6.54 Å². The van der Waals surface area contributed by atoms with Crippen molar-refractivity contribution in [3.05, 3.63) is 0 Å². The van der Waals surface area contributed by atoms with Gasteiger partial charge in [-0.2, -0.15) is 5.90 Å². The molecule has 4 N–H and O–H groups in total. The van der Waals surface area contributed by atoms with E-state index in [-0.39, 0.29) is 17.5 Å². The van der Waals surface area contributed by atoms with Crippen LogP contribution in [0.4, 0.5) is 0 Å². The number of carbonyl (C=O) groups is 1. The second kappa shape index (κ2) is 13.3. The highest BCUT2D eigenvalue weighted by molar-refractivity contribution is 5.68. The highest BCUT2D eigenvalue weighted by atomic mass is 16.7. The molecule has 0 amide bonds. The van der Waals surface area contributed by atoms with Crippen molar-refractivity contribution in [1.29, 1.82) is 0 Å². The topological polar surface area (TPSA) is 84.6 Å². The Kier molecular flexibility index (Phi) is 10.6. The van der Waals surface area contributed by atoms with Crippen molar-refractivity contribution >= 4 is 5.97 Å². The number of aliphatic hydroxyl groups is 1. The van der Waals surface area contributed by atoms with Gasteiger partial charge in [0.15, 0.2) is 0 Å². The van der Waals surface area contributed by atoms with Crippen LogP contribution < -0.4 is 11.2 Å². The molecule has 0 spiro atoms. The highest BCUT2D eigenvalue weighted by Gasteiger charge is 2.62. The van der Waals surface area contributed by atoms with Crippen LogP contribution in [0.2, 0.25) is 0 Å². The van der Waals surface area contributed by atoms with Gasteiger partial charge in [0.25, 0.3) is 0 Å². The molecule has 5 heteroatoms. The number of nitrogens with one attached hydrogen (secondary N) is 1. The first-order chi connectivity index (χ1) is 18.2. The van der Waals surface area contributed by atoms with Gasteiger partial charge in [0.05, 0.1) is 6.10 Å². The maximum atomic E-state index is 11.7. The highest BCUT2D eigenvalue weighted by Crippen LogP contribution is 2.68. The molecule has 4 fully saturated rings. The summed E-state index contributed by atoms with van der Waals surface area (Å²) in [5, 5.41) is 15.6. The minimum absolute atomic E-state index is 0.147. The fourth-order valence-corrected chi connectivity index (χ4v) is 10.4. The number of hydrogen-bond acceptors (Lipinski definition) is 5. The molecule has 0 heterocycles. The standard InChI is InChI=1S/C33H60N2O3/c1-5-6-7-8-9-10-11-20-35-25-16-18-32(3)24(21-25)22-29(36)31-27-14-13-26(23(2)12-15-30(37)38-34)33(27,4)19-17-28(31)32/h23-29,31,35-36H,5-22,34H2,1-4H3. The van der Waals surface area contributed by atoms with Gasteiger partial charge in [0.1, 0.15) is 0 Å². The lowest BCUT2D eigenvalue weighted by Crippen LogP contribution is -2.59. The van der Waals surface area contributed by atoms with E-state index < -0.39 is 0 Å². The minimum atomic E-state index is -0.297. The molecule has 4 saturated carbocycles. The van der Waals surface area contributed by atoms with Gasteiger partial charge in [0.2, 0.25) is 0 Å². The molecule has 0 bridgehead atoms. The molecule has 10 unspecified atom stereocenters. The van der Waals surface area contributed by atoms with Gasteiger partial charge in [-0.15, -0.1) is 0 Å². The first-order valence-corrected chi connectivity index (χ1v) is 16.6. The molecule has 0 aromatic carbocycles. The number of rotatable bonds is 13. The molecule has 0 radical (unpaired) electrons. The Morgan fingerprint density at radius 1 is 0.974 bits per heavy atom. The lowest BCUT2D eigenvalue weighted by atomic mass is 9.43. The third-order valence-electron chi connectivity index (χ3n) is 12.6. The van der Waals surface area contributed by atoms with E-state index in [1.807, 2.05) is 0 Å². The van der Waals surface area contributed by atoms with E-state index in [9.17, 15) is 9.90 Å². The van der Waals surface area contributed by atoms with Gasteiger partial charge < -0.3 is 15.3 Å². The molecule has 0 aromatic heterocycles. The molecule has 38 heavy (non-hydrogen) atoms. The van der Waals surface area contributed by atoms with Gasteiger partial charge >= 0.3 is 5.97 Å². The van der Waals surface area contributed by atoms with Crippen LogP contribution in [0, 0.1) is 46.3 Å². The van der Waals surface area contributed by atoms with Gasteiger partial charge in [-0.25, -0.2) is 0 Å². The normalized spacial score (nSPS) is 41.2. The molecule has 4 aliphatic carbocycles. The fraction of sp³-hybridized carbons (Fsp3) is 0.970. The van der Waals surface area contributed by atoms with Gasteiger partial charge in [-0.05, 0) is 117 Å². The number of hydrogen-bond donors (Lipinski definition) is 3. The first-order valence-electron chi connectivity index (χ1n) is 16.6. The second-order valence-corrected chi connectivity index (χ2v) is 14.6. The van der Waals surface area contributed by atoms with Crippen LogP contribution in [0.3, 0.4) is 0 Å². The molecule has 5 nitrogen and oxygen atoms in total. The molecule has 0 aromatic rings. The van der Waals surface area contributed by atoms with Crippen molar-refractivity contribution in [2.45, 2.75) is 149 Å². The Morgan fingerprint density at radius 2 is 1.66 bits per heavy atom. The summed E-state index contributed by atoms with van der Waals surface area (Å²) in [7, 11) is 0. The third kappa shape index (κ3) is 6.30. The van der Waals surface area contributed by atoms with E-state index in [1.165, 1.54) is 96.4 Å². The number of nitrogens with two attached hydrogens (primary N) is 1. The summed E-state index contributed by atoms with van der Waals surface area (Å²) in [5.74, 6) is 8.30. The largest absolute Gasteiger partial charge is 0.393 e. The van der Waals surface area contributed by atoms with Crippen LogP contribution in [0.5, 0.6) is 0 Å². The van der Waals surface area contributed by atoms with Gasteiger partial charge in [-0.1, -0.05) is 66.2 Å². The van der Waals surface area contributed by atoms with Gasteiger partial charge in [0, 0.05) is 12.5 Å². The van der Waals surface area contributed by atoms with E-state index >= 15 is 0 Å². The summed E-state index contributed by atoms with van der Waals surface area (Å²) >= 11 is 0. The first kappa shape index (κ1) is 30.3. The van der Waals surface area contributed by atoms with Crippen molar-refractivity contribution in [3.63, 3.8) is 0 Å². The Morgan fingerprint density at radius 3 is 2.39 bits per heavy atom. The van der Waals surface area contributed by atoms with Crippen molar-refractivity contribution in [1.82, 2.24) is 5.32 Å². The zero-order valence-electron chi connectivity index (χ0n) is 25.2. The van der Waals surface area contributed by atoms with Crippen molar-refractivity contribution in [2.24, 2.45) is 52.2 Å². The Bertz CT molecular complexity index is 761. The lowest BCUT2D eigenvalue weighted by Gasteiger charge is -2.62. The lowest BCUT2D eigenvalue weighted by molar-refractivity contribution is -0.167. The van der Waals surface area contributed by atoms with Crippen LogP contribution in [-0.4, -0.2) is 29.8 Å². The Labute approximate surface area is 233 Å². The van der Waals surface area contributed by atoms with E-state index in [2.05, 4.69) is 37.8 Å². The molecule has 4 aliphatic rings. The number of carbonyl (C=O) groups excluding carboxylic acids is 1. The average Bonchev–Trinajstić information content (AvgIpc) is 3.26. The van der Waals surface area contributed by atoms with Crippen molar-refractivity contribution in [3.8, 4) is 0 Å². The average molecular weight is 533 g/mol. The monoisotopic (exact) mass is 532 g/mol. The zero-order chi connectivity index (χ0) is 27.3. The number of aliphatic hydroxyl groups excluding tert-OH is 1. The summed E-state index contributed by atoms with van der Waals surface area (Å²) in [6.45, 7) is 10.9. The van der Waals surface area contributed by atoms with E-state index in [4.69, 9.17) is 5.90 Å². The maximum absolute atomic E-state index is 11.7. The zero-order valence-corrected chi connectivity index (χ0v) is 25.2. The number of fused-ring (bicyclic) bond motifs is 5. The molecule has 0 aliphatic heterocycles. The summed E-state index contributed by atoms with van der Waals surface area (Å²) < 4.78 is 0. The van der Waals surface area contributed by atoms with Crippen LogP contribution >= 0.6 is 0 Å². The summed E-state index contributed by atoms with van der Waals surface area (Å²) in [6.07, 6.45) is 20.6. The molecule has 0 saturated heterocycles.